The van der Waals surface area contributed by atoms with Crippen LogP contribution in [0.1, 0.15) is 6.42 Å². The zero-order chi connectivity index (χ0) is 13.4. The summed E-state index contributed by atoms with van der Waals surface area (Å²) in [7, 11) is 2.11. The number of nitrogens with zero attached hydrogens (tertiary/aromatic N) is 2. The fourth-order valence-electron chi connectivity index (χ4n) is 2.80. The van der Waals surface area contributed by atoms with Crippen molar-refractivity contribution < 1.29 is 0 Å². The summed E-state index contributed by atoms with van der Waals surface area (Å²) < 4.78 is 2.24. The number of aromatic nitrogens is 2. The van der Waals surface area contributed by atoms with Gasteiger partial charge >= 0.3 is 0 Å². The molecule has 100 valence electrons. The first-order valence-electron chi connectivity index (χ1n) is 6.55. The molecule has 0 amide bonds. The van der Waals surface area contributed by atoms with E-state index in [1.165, 1.54) is 0 Å². The Bertz CT molecular complexity index is 718. The van der Waals surface area contributed by atoms with Crippen LogP contribution < -0.4 is 5.56 Å². The molecule has 1 atom stereocenters. The lowest BCUT2D eigenvalue weighted by Crippen LogP contribution is -2.27. The second-order valence-electron chi connectivity index (χ2n) is 5.31. The summed E-state index contributed by atoms with van der Waals surface area (Å²) in [5.74, 6) is 0.513. The van der Waals surface area contributed by atoms with Gasteiger partial charge in [-0.05, 0) is 50.3 Å². The minimum atomic E-state index is 0.0221. The van der Waals surface area contributed by atoms with E-state index >= 15 is 0 Å². The molecule has 5 heteroatoms. The lowest BCUT2D eigenvalue weighted by Gasteiger charge is -2.13. The molecular weight excluding hydrogens is 258 g/mol. The molecule has 2 heterocycles. The maximum absolute atomic E-state index is 12.5. The molecule has 0 spiro atoms. The molecule has 0 saturated carbocycles. The molecule has 1 saturated heterocycles. The molecule has 0 radical (unpaired) electrons. The average molecular weight is 275 g/mol. The summed E-state index contributed by atoms with van der Waals surface area (Å²) in [6.45, 7) is 2.85. The zero-order valence-corrected chi connectivity index (χ0v) is 11.7. The highest BCUT2D eigenvalue weighted by atomic mass is 32.1. The van der Waals surface area contributed by atoms with Crippen LogP contribution in [-0.2, 0) is 6.54 Å². The molecule has 1 aliphatic rings. The smallest absolute Gasteiger partial charge is 0.262 e. The van der Waals surface area contributed by atoms with Crippen molar-refractivity contribution in [2.24, 2.45) is 5.92 Å². The molecule has 2 aromatic rings. The van der Waals surface area contributed by atoms with Gasteiger partial charge in [-0.2, -0.15) is 0 Å². The van der Waals surface area contributed by atoms with Crippen molar-refractivity contribution in [3.05, 3.63) is 39.4 Å². The fourth-order valence-corrected chi connectivity index (χ4v) is 3.07. The minimum Gasteiger partial charge on any atom is -0.332 e. The van der Waals surface area contributed by atoms with Gasteiger partial charge in [-0.15, -0.1) is 0 Å². The quantitative estimate of drug-likeness (QED) is 0.852. The third-order valence-electron chi connectivity index (χ3n) is 3.82. The van der Waals surface area contributed by atoms with Gasteiger partial charge in [0.05, 0.1) is 10.9 Å². The lowest BCUT2D eigenvalue weighted by molar-refractivity contribution is 0.374. The van der Waals surface area contributed by atoms with Crippen molar-refractivity contribution in [3.8, 4) is 0 Å². The summed E-state index contributed by atoms with van der Waals surface area (Å²) in [5, 5.41) is 0.711. The van der Waals surface area contributed by atoms with Crippen molar-refractivity contribution in [2.75, 3.05) is 20.1 Å². The summed E-state index contributed by atoms with van der Waals surface area (Å²) in [4.78, 5) is 17.9. The monoisotopic (exact) mass is 275 g/mol. The van der Waals surface area contributed by atoms with E-state index in [2.05, 4.69) is 16.9 Å². The van der Waals surface area contributed by atoms with Crippen LogP contribution in [0.15, 0.2) is 29.1 Å². The van der Waals surface area contributed by atoms with Crippen LogP contribution >= 0.6 is 12.2 Å². The fraction of sp³-hybridized carbons (Fsp3) is 0.429. The van der Waals surface area contributed by atoms with Crippen LogP contribution in [-0.4, -0.2) is 34.6 Å². The Morgan fingerprint density at radius 1 is 1.42 bits per heavy atom. The van der Waals surface area contributed by atoms with Crippen molar-refractivity contribution in [1.29, 1.82) is 0 Å². The molecule has 1 aromatic carbocycles. The Balaban J connectivity index is 2.04. The molecule has 3 rings (SSSR count). The topological polar surface area (TPSA) is 41.0 Å². The standard InChI is InChI=1S/C14H17N3OS/c1-16-7-6-10(8-16)9-17-13(18)11-4-2-3-5-12(11)15-14(17)19/h2-5,10H,6-9H2,1H3,(H,15,19). The minimum absolute atomic E-state index is 0.0221. The number of hydrogen-bond acceptors (Lipinski definition) is 3. The van der Waals surface area contributed by atoms with Crippen molar-refractivity contribution in [1.82, 2.24) is 14.5 Å². The van der Waals surface area contributed by atoms with Crippen molar-refractivity contribution in [3.63, 3.8) is 0 Å². The molecule has 4 nitrogen and oxygen atoms in total. The van der Waals surface area contributed by atoms with E-state index in [1.54, 1.807) is 4.57 Å². The predicted molar refractivity (Wildman–Crippen MR) is 79.0 cm³/mol. The van der Waals surface area contributed by atoms with E-state index < -0.39 is 0 Å². The second-order valence-corrected chi connectivity index (χ2v) is 5.70. The van der Waals surface area contributed by atoms with Gasteiger partial charge in [0.1, 0.15) is 0 Å². The highest BCUT2D eigenvalue weighted by Gasteiger charge is 2.20. The first-order valence-corrected chi connectivity index (χ1v) is 6.96. The molecule has 1 N–H and O–H groups in total. The summed E-state index contributed by atoms with van der Waals surface area (Å²) in [5.41, 5.74) is 0.839. The molecular formula is C14H17N3OS. The SMILES string of the molecule is CN1CCC(Cn2c(=S)[nH]c3ccccc3c2=O)C1. The Morgan fingerprint density at radius 3 is 2.95 bits per heavy atom. The Morgan fingerprint density at radius 2 is 2.21 bits per heavy atom. The van der Waals surface area contributed by atoms with Crippen LogP contribution in [0.3, 0.4) is 0 Å². The van der Waals surface area contributed by atoms with E-state index in [9.17, 15) is 4.79 Å². The first kappa shape index (κ1) is 12.6. The highest BCUT2D eigenvalue weighted by Crippen LogP contribution is 2.16. The average Bonchev–Trinajstić information content (AvgIpc) is 2.80. The maximum Gasteiger partial charge on any atom is 0.262 e. The van der Waals surface area contributed by atoms with E-state index in [-0.39, 0.29) is 5.56 Å². The number of fused-ring (bicyclic) bond motifs is 1. The summed E-state index contributed by atoms with van der Waals surface area (Å²) in [6.07, 6.45) is 1.13. The summed E-state index contributed by atoms with van der Waals surface area (Å²) in [6, 6.07) is 7.53. The lowest BCUT2D eigenvalue weighted by atomic mass is 10.1. The van der Waals surface area contributed by atoms with E-state index in [0.29, 0.717) is 22.6 Å². The number of aromatic amines is 1. The zero-order valence-electron chi connectivity index (χ0n) is 10.9. The molecule has 0 bridgehead atoms. The van der Waals surface area contributed by atoms with Crippen LogP contribution in [0.25, 0.3) is 10.9 Å². The Hall–Kier alpha value is -1.46. The number of H-pyrrole nitrogens is 1. The number of rotatable bonds is 2. The number of benzene rings is 1. The van der Waals surface area contributed by atoms with E-state index in [1.807, 2.05) is 24.3 Å². The third-order valence-corrected chi connectivity index (χ3v) is 4.14. The van der Waals surface area contributed by atoms with Gasteiger partial charge in [0.25, 0.3) is 5.56 Å². The third kappa shape index (κ3) is 2.35. The van der Waals surface area contributed by atoms with Gasteiger partial charge in [0.2, 0.25) is 0 Å². The van der Waals surface area contributed by atoms with Gasteiger partial charge < -0.3 is 9.88 Å². The van der Waals surface area contributed by atoms with Gasteiger partial charge in [-0.1, -0.05) is 12.1 Å². The van der Waals surface area contributed by atoms with Gasteiger partial charge in [0, 0.05) is 13.1 Å². The normalized spacial score (nSPS) is 20.2. The Kier molecular flexibility index (Phi) is 3.24. The largest absolute Gasteiger partial charge is 0.332 e. The van der Waals surface area contributed by atoms with Crippen molar-refractivity contribution >= 4 is 23.1 Å². The highest BCUT2D eigenvalue weighted by molar-refractivity contribution is 7.71. The second kappa shape index (κ2) is 4.90. The Labute approximate surface area is 116 Å². The number of likely N-dealkylation sites (tertiary alicyclic amines) is 1. The van der Waals surface area contributed by atoms with E-state index in [4.69, 9.17) is 12.2 Å². The van der Waals surface area contributed by atoms with Gasteiger partial charge in [0.15, 0.2) is 4.77 Å². The maximum atomic E-state index is 12.5. The molecule has 1 aromatic heterocycles. The molecule has 1 aliphatic heterocycles. The number of hydrogen-bond donors (Lipinski definition) is 1. The summed E-state index contributed by atoms with van der Waals surface area (Å²) >= 11 is 5.32. The van der Waals surface area contributed by atoms with Crippen molar-refractivity contribution in [2.45, 2.75) is 13.0 Å². The van der Waals surface area contributed by atoms with Crippen LogP contribution in [0, 0.1) is 10.7 Å². The van der Waals surface area contributed by atoms with Gasteiger partial charge in [-0.3, -0.25) is 9.36 Å². The molecule has 0 aliphatic carbocycles. The van der Waals surface area contributed by atoms with Gasteiger partial charge in [-0.25, -0.2) is 0 Å². The molecule has 1 unspecified atom stereocenters. The number of nitrogens with one attached hydrogen (secondary N) is 1. The van der Waals surface area contributed by atoms with Crippen LogP contribution in [0.5, 0.6) is 0 Å². The molecule has 1 fully saturated rings. The predicted octanol–water partition coefficient (Wildman–Crippen LogP) is 2.01. The van der Waals surface area contributed by atoms with Crippen LogP contribution in [0.4, 0.5) is 0 Å². The number of para-hydroxylation sites is 1. The first-order chi connectivity index (χ1) is 9.15. The molecule has 19 heavy (non-hydrogen) atoms. The van der Waals surface area contributed by atoms with Crippen LogP contribution in [0.2, 0.25) is 0 Å². The van der Waals surface area contributed by atoms with E-state index in [0.717, 1.165) is 25.0 Å².